The molecule has 6 nitrogen and oxygen atoms in total. The smallest absolute Gasteiger partial charge is 0.234 e. The molecule has 0 atom stereocenters. The van der Waals surface area contributed by atoms with Crippen molar-refractivity contribution < 1.29 is 14.3 Å². The Morgan fingerprint density at radius 2 is 1.78 bits per heavy atom. The Morgan fingerprint density at radius 3 is 2.48 bits per heavy atom. The molecule has 0 radical (unpaired) electrons. The van der Waals surface area contributed by atoms with Gasteiger partial charge < -0.3 is 14.8 Å². The number of carbonyl (C=O) groups excluding carboxylic acids is 1. The lowest BCUT2D eigenvalue weighted by molar-refractivity contribution is -0.122. The number of hydrogen-bond acceptors (Lipinski definition) is 5. The summed E-state index contributed by atoms with van der Waals surface area (Å²) in [5.74, 6) is 0.988. The van der Waals surface area contributed by atoms with E-state index in [0.717, 1.165) is 38.5 Å². The van der Waals surface area contributed by atoms with E-state index in [0.29, 0.717) is 26.3 Å². The minimum absolute atomic E-state index is 0.0721. The fraction of sp³-hybridized carbons (Fsp3) is 0.588. The summed E-state index contributed by atoms with van der Waals surface area (Å²) in [6.45, 7) is 7.01. The number of para-hydroxylation sites is 1. The summed E-state index contributed by atoms with van der Waals surface area (Å²) >= 11 is 0. The van der Waals surface area contributed by atoms with Crippen LogP contribution in [0, 0.1) is 0 Å². The number of carbonyl (C=O) groups is 1. The largest absolute Gasteiger partial charge is 0.492 e. The van der Waals surface area contributed by atoms with Gasteiger partial charge in [-0.25, -0.2) is 0 Å². The van der Waals surface area contributed by atoms with Gasteiger partial charge in [0, 0.05) is 46.4 Å². The van der Waals surface area contributed by atoms with Crippen molar-refractivity contribution in [2.75, 3.05) is 66.1 Å². The molecule has 1 fully saturated rings. The van der Waals surface area contributed by atoms with Crippen molar-refractivity contribution >= 4 is 5.91 Å². The van der Waals surface area contributed by atoms with Crippen molar-refractivity contribution in [2.45, 2.75) is 0 Å². The average molecular weight is 321 g/mol. The van der Waals surface area contributed by atoms with Crippen LogP contribution in [0.25, 0.3) is 0 Å². The van der Waals surface area contributed by atoms with Crippen molar-refractivity contribution in [1.82, 2.24) is 15.1 Å². The molecule has 1 aromatic carbocycles. The van der Waals surface area contributed by atoms with Crippen LogP contribution >= 0.6 is 0 Å². The fourth-order valence-electron chi connectivity index (χ4n) is 2.53. The molecule has 0 aliphatic carbocycles. The minimum Gasteiger partial charge on any atom is -0.492 e. The summed E-state index contributed by atoms with van der Waals surface area (Å²) in [5, 5.41) is 2.86. The number of methoxy groups -OCH3 is 1. The van der Waals surface area contributed by atoms with E-state index in [-0.39, 0.29) is 5.91 Å². The second kappa shape index (κ2) is 10.2. The van der Waals surface area contributed by atoms with E-state index < -0.39 is 0 Å². The van der Waals surface area contributed by atoms with Gasteiger partial charge in [0.2, 0.25) is 5.91 Å². The third-order valence-electron chi connectivity index (χ3n) is 3.88. The Kier molecular flexibility index (Phi) is 7.86. The van der Waals surface area contributed by atoms with Gasteiger partial charge in [0.1, 0.15) is 12.4 Å². The van der Waals surface area contributed by atoms with E-state index in [2.05, 4.69) is 15.1 Å². The molecule has 128 valence electrons. The first-order valence-corrected chi connectivity index (χ1v) is 8.16. The number of nitrogens with zero attached hydrogens (tertiary/aromatic N) is 2. The van der Waals surface area contributed by atoms with Crippen LogP contribution in [-0.4, -0.2) is 81.8 Å². The van der Waals surface area contributed by atoms with Crippen molar-refractivity contribution in [2.24, 2.45) is 0 Å². The zero-order valence-electron chi connectivity index (χ0n) is 13.9. The summed E-state index contributed by atoms with van der Waals surface area (Å²) in [7, 11) is 1.63. The first-order chi connectivity index (χ1) is 11.3. The van der Waals surface area contributed by atoms with E-state index in [4.69, 9.17) is 9.47 Å². The van der Waals surface area contributed by atoms with Crippen LogP contribution in [0.3, 0.4) is 0 Å². The molecule has 1 aliphatic rings. The second-order valence-corrected chi connectivity index (χ2v) is 5.62. The zero-order chi connectivity index (χ0) is 16.3. The monoisotopic (exact) mass is 321 g/mol. The Labute approximate surface area is 138 Å². The van der Waals surface area contributed by atoms with Gasteiger partial charge in [-0.1, -0.05) is 18.2 Å². The molecule has 0 spiro atoms. The molecule has 1 heterocycles. The predicted molar refractivity (Wildman–Crippen MR) is 89.7 cm³/mol. The zero-order valence-corrected chi connectivity index (χ0v) is 13.9. The summed E-state index contributed by atoms with van der Waals surface area (Å²) < 4.78 is 10.6. The van der Waals surface area contributed by atoms with Gasteiger partial charge in [0.15, 0.2) is 0 Å². The molecule has 23 heavy (non-hydrogen) atoms. The summed E-state index contributed by atoms with van der Waals surface area (Å²) in [5.41, 5.74) is 0. The Balaban J connectivity index is 1.56. The fourth-order valence-corrected chi connectivity index (χ4v) is 2.53. The van der Waals surface area contributed by atoms with Gasteiger partial charge in [0.25, 0.3) is 0 Å². The average Bonchev–Trinajstić information content (AvgIpc) is 2.58. The Morgan fingerprint density at radius 1 is 1.09 bits per heavy atom. The number of piperazine rings is 1. The van der Waals surface area contributed by atoms with E-state index in [1.165, 1.54) is 0 Å². The molecular weight excluding hydrogens is 294 g/mol. The molecule has 0 aromatic heterocycles. The van der Waals surface area contributed by atoms with Gasteiger partial charge >= 0.3 is 0 Å². The van der Waals surface area contributed by atoms with Crippen LogP contribution in [0.1, 0.15) is 0 Å². The molecule has 6 heteroatoms. The molecular formula is C17H27N3O3. The Bertz CT molecular complexity index is 448. The van der Waals surface area contributed by atoms with Crippen LogP contribution in [-0.2, 0) is 9.53 Å². The van der Waals surface area contributed by atoms with Gasteiger partial charge in [-0.3, -0.25) is 14.6 Å². The van der Waals surface area contributed by atoms with E-state index in [1.807, 2.05) is 30.3 Å². The summed E-state index contributed by atoms with van der Waals surface area (Å²) in [4.78, 5) is 16.3. The molecule has 1 amide bonds. The third kappa shape index (κ3) is 6.99. The lowest BCUT2D eigenvalue weighted by Gasteiger charge is -2.34. The number of ether oxygens (including phenoxy) is 2. The molecule has 1 saturated heterocycles. The van der Waals surface area contributed by atoms with Crippen LogP contribution in [0.4, 0.5) is 0 Å². The van der Waals surface area contributed by atoms with Crippen LogP contribution in [0.5, 0.6) is 5.75 Å². The van der Waals surface area contributed by atoms with Crippen LogP contribution in [0.15, 0.2) is 30.3 Å². The third-order valence-corrected chi connectivity index (χ3v) is 3.88. The number of nitrogens with one attached hydrogen (secondary N) is 1. The molecule has 2 rings (SSSR count). The minimum atomic E-state index is 0.0721. The lowest BCUT2D eigenvalue weighted by atomic mass is 10.3. The first kappa shape index (κ1) is 17.7. The molecule has 0 saturated carbocycles. The number of hydrogen-bond donors (Lipinski definition) is 1. The first-order valence-electron chi connectivity index (χ1n) is 8.16. The van der Waals surface area contributed by atoms with Crippen molar-refractivity contribution in [3.8, 4) is 5.75 Å². The molecule has 1 aliphatic heterocycles. The van der Waals surface area contributed by atoms with Gasteiger partial charge in [-0.15, -0.1) is 0 Å². The molecule has 0 unspecified atom stereocenters. The van der Waals surface area contributed by atoms with E-state index >= 15 is 0 Å². The maximum absolute atomic E-state index is 11.8. The van der Waals surface area contributed by atoms with E-state index in [1.54, 1.807) is 7.11 Å². The van der Waals surface area contributed by atoms with Gasteiger partial charge in [0.05, 0.1) is 13.2 Å². The number of amides is 1. The normalized spacial score (nSPS) is 16.2. The highest BCUT2D eigenvalue weighted by atomic mass is 16.5. The Hall–Kier alpha value is -1.63. The molecule has 1 N–H and O–H groups in total. The quantitative estimate of drug-likeness (QED) is 0.669. The SMILES string of the molecule is COCCNC(=O)CN1CCN(CCOc2ccccc2)CC1. The second-order valence-electron chi connectivity index (χ2n) is 5.62. The summed E-state index contributed by atoms with van der Waals surface area (Å²) in [6.07, 6.45) is 0. The molecule has 0 bridgehead atoms. The maximum atomic E-state index is 11.8. The predicted octanol–water partition coefficient (Wildman–Crippen LogP) is 0.446. The van der Waals surface area contributed by atoms with Crippen molar-refractivity contribution in [3.05, 3.63) is 30.3 Å². The van der Waals surface area contributed by atoms with E-state index in [9.17, 15) is 4.79 Å². The number of rotatable bonds is 9. The standard InChI is InChI=1S/C17H27N3O3/c1-22-13-7-18-17(21)15-20-10-8-19(9-11-20)12-14-23-16-5-3-2-4-6-16/h2-6H,7-15H2,1H3,(H,18,21). The maximum Gasteiger partial charge on any atom is 0.234 e. The lowest BCUT2D eigenvalue weighted by Crippen LogP contribution is -2.50. The van der Waals surface area contributed by atoms with Crippen LogP contribution < -0.4 is 10.1 Å². The van der Waals surface area contributed by atoms with Crippen LogP contribution in [0.2, 0.25) is 0 Å². The van der Waals surface area contributed by atoms with Gasteiger partial charge in [-0.05, 0) is 12.1 Å². The highest BCUT2D eigenvalue weighted by Gasteiger charge is 2.18. The number of benzene rings is 1. The van der Waals surface area contributed by atoms with Crippen molar-refractivity contribution in [1.29, 1.82) is 0 Å². The topological polar surface area (TPSA) is 54.0 Å². The van der Waals surface area contributed by atoms with Crippen molar-refractivity contribution in [3.63, 3.8) is 0 Å². The highest BCUT2D eigenvalue weighted by Crippen LogP contribution is 2.08. The van der Waals surface area contributed by atoms with Gasteiger partial charge in [-0.2, -0.15) is 0 Å². The highest BCUT2D eigenvalue weighted by molar-refractivity contribution is 5.77. The summed E-state index contributed by atoms with van der Waals surface area (Å²) in [6, 6.07) is 9.88. The molecule has 1 aromatic rings.